The lowest BCUT2D eigenvalue weighted by Gasteiger charge is -2.13. The molecule has 2 heterocycles. The first-order valence-electron chi connectivity index (χ1n) is 10.6. The largest absolute Gasteiger partial charge is 0.493 e. The summed E-state index contributed by atoms with van der Waals surface area (Å²) in [5, 5.41) is 1.000. The number of ether oxygens (including phenoxy) is 2. The Balaban J connectivity index is 1.99. The number of benzene rings is 2. The summed E-state index contributed by atoms with van der Waals surface area (Å²) >= 11 is 0. The van der Waals surface area contributed by atoms with Crippen molar-refractivity contribution in [3.8, 4) is 22.6 Å². The van der Waals surface area contributed by atoms with Gasteiger partial charge in [-0.15, -0.1) is 6.58 Å². The van der Waals surface area contributed by atoms with E-state index in [0.29, 0.717) is 41.2 Å². The Morgan fingerprint density at radius 2 is 1.76 bits per heavy atom. The van der Waals surface area contributed by atoms with Crippen LogP contribution in [0.25, 0.3) is 22.2 Å². The number of sulfone groups is 1. The van der Waals surface area contributed by atoms with Gasteiger partial charge in [-0.3, -0.25) is 0 Å². The normalized spacial score (nSPS) is 11.5. The van der Waals surface area contributed by atoms with Gasteiger partial charge in [-0.25, -0.2) is 13.4 Å². The Morgan fingerprint density at radius 1 is 1.00 bits per heavy atom. The molecule has 4 aromatic rings. The second-order valence-electron chi connectivity index (χ2n) is 7.58. The summed E-state index contributed by atoms with van der Waals surface area (Å²) in [5.41, 5.74) is 3.07. The fraction of sp³-hybridized carbons (Fsp3) is 0.192. The van der Waals surface area contributed by atoms with Crippen molar-refractivity contribution in [1.29, 1.82) is 0 Å². The predicted molar refractivity (Wildman–Crippen MR) is 131 cm³/mol. The number of hydrogen-bond donors (Lipinski definition) is 0. The number of aromatic nitrogens is 2. The highest BCUT2D eigenvalue weighted by Crippen LogP contribution is 2.41. The average molecular weight is 463 g/mol. The standard InChI is InChI=1S/C26H26N2O4S/c1-4-17-33(29,30)26-24(20-12-13-22(31-2)23(18-20)32-3)21-11-8-15-27-25(21)28(26)16-14-19-9-6-5-7-10-19/h4-13,15,18H,1,14,16-17H2,2-3H3. The van der Waals surface area contributed by atoms with Crippen molar-refractivity contribution in [2.45, 2.75) is 18.0 Å². The maximum absolute atomic E-state index is 13.5. The fourth-order valence-corrected chi connectivity index (χ4v) is 5.60. The summed E-state index contributed by atoms with van der Waals surface area (Å²) in [4.78, 5) is 4.57. The van der Waals surface area contributed by atoms with Crippen molar-refractivity contribution < 1.29 is 17.9 Å². The first-order valence-corrected chi connectivity index (χ1v) is 12.2. The van der Waals surface area contributed by atoms with E-state index < -0.39 is 9.84 Å². The third-order valence-electron chi connectivity index (χ3n) is 5.54. The van der Waals surface area contributed by atoms with Crippen LogP contribution in [-0.4, -0.2) is 37.9 Å². The molecule has 0 spiro atoms. The number of methoxy groups -OCH3 is 2. The Morgan fingerprint density at radius 3 is 2.45 bits per heavy atom. The van der Waals surface area contributed by atoms with E-state index in [0.717, 1.165) is 10.9 Å². The highest BCUT2D eigenvalue weighted by atomic mass is 32.2. The third kappa shape index (κ3) is 4.36. The first-order chi connectivity index (χ1) is 16.0. The molecule has 0 aliphatic carbocycles. The molecule has 6 nitrogen and oxygen atoms in total. The SMILES string of the molecule is C=CCS(=O)(=O)c1c(-c2ccc(OC)c(OC)c2)c2cccnc2n1CCc1ccccc1. The molecule has 2 aromatic heterocycles. The minimum atomic E-state index is -3.69. The number of nitrogens with zero attached hydrogens (tertiary/aromatic N) is 2. The molecule has 0 fully saturated rings. The number of pyridine rings is 1. The molecular weight excluding hydrogens is 436 g/mol. The van der Waals surface area contributed by atoms with E-state index in [-0.39, 0.29) is 10.8 Å². The zero-order chi connectivity index (χ0) is 23.4. The van der Waals surface area contributed by atoms with Gasteiger partial charge in [0, 0.05) is 23.7 Å². The smallest absolute Gasteiger partial charge is 0.198 e. The van der Waals surface area contributed by atoms with Crippen molar-refractivity contribution in [1.82, 2.24) is 9.55 Å². The molecule has 0 saturated heterocycles. The molecule has 170 valence electrons. The highest BCUT2D eigenvalue weighted by molar-refractivity contribution is 7.91. The molecule has 0 N–H and O–H groups in total. The first kappa shape index (κ1) is 22.6. The molecule has 0 aliphatic rings. The monoisotopic (exact) mass is 462 g/mol. The fourth-order valence-electron chi connectivity index (χ4n) is 4.07. The molecule has 0 saturated carbocycles. The lowest BCUT2D eigenvalue weighted by Crippen LogP contribution is -2.14. The number of rotatable bonds is 9. The van der Waals surface area contributed by atoms with Crippen LogP contribution in [0.15, 0.2) is 84.5 Å². The Labute approximate surface area is 194 Å². The van der Waals surface area contributed by atoms with Gasteiger partial charge >= 0.3 is 0 Å². The van der Waals surface area contributed by atoms with E-state index in [2.05, 4.69) is 11.6 Å². The lowest BCUT2D eigenvalue weighted by molar-refractivity contribution is 0.355. The van der Waals surface area contributed by atoms with Crippen LogP contribution in [0.1, 0.15) is 5.56 Å². The van der Waals surface area contributed by atoms with Crippen molar-refractivity contribution in [3.05, 3.63) is 85.1 Å². The molecular formula is C26H26N2O4S. The van der Waals surface area contributed by atoms with Crippen molar-refractivity contribution in [3.63, 3.8) is 0 Å². The van der Waals surface area contributed by atoms with E-state index in [9.17, 15) is 8.42 Å². The van der Waals surface area contributed by atoms with E-state index in [1.807, 2.05) is 53.1 Å². The number of aryl methyl sites for hydroxylation is 2. The van der Waals surface area contributed by atoms with E-state index in [4.69, 9.17) is 9.47 Å². The lowest BCUT2D eigenvalue weighted by atomic mass is 10.1. The predicted octanol–water partition coefficient (Wildman–Crippen LogP) is 4.92. The van der Waals surface area contributed by atoms with Gasteiger partial charge in [-0.2, -0.15) is 0 Å². The summed E-state index contributed by atoms with van der Waals surface area (Å²) in [5.74, 6) is 0.924. The highest BCUT2D eigenvalue weighted by Gasteiger charge is 2.28. The molecule has 0 bridgehead atoms. The molecule has 0 atom stereocenters. The molecule has 7 heteroatoms. The molecule has 2 aromatic carbocycles. The average Bonchev–Trinajstić information content (AvgIpc) is 3.18. The summed E-state index contributed by atoms with van der Waals surface area (Å²) in [6, 6.07) is 19.1. The molecule has 4 rings (SSSR count). The Hall–Kier alpha value is -3.58. The van der Waals surface area contributed by atoms with Crippen molar-refractivity contribution >= 4 is 20.9 Å². The van der Waals surface area contributed by atoms with Crippen LogP contribution >= 0.6 is 0 Å². The van der Waals surface area contributed by atoms with Gasteiger partial charge in [0.2, 0.25) is 0 Å². The van der Waals surface area contributed by atoms with Crippen molar-refractivity contribution in [2.75, 3.05) is 20.0 Å². The summed E-state index contributed by atoms with van der Waals surface area (Å²) in [6.45, 7) is 4.13. The van der Waals surface area contributed by atoms with Gasteiger partial charge in [0.05, 0.1) is 20.0 Å². The summed E-state index contributed by atoms with van der Waals surface area (Å²) < 4.78 is 39.7. The van der Waals surface area contributed by atoms with Crippen LogP contribution in [0, 0.1) is 0 Å². The second-order valence-corrected chi connectivity index (χ2v) is 9.53. The maximum atomic E-state index is 13.5. The zero-order valence-electron chi connectivity index (χ0n) is 18.7. The summed E-state index contributed by atoms with van der Waals surface area (Å²) in [7, 11) is -0.565. The number of hydrogen-bond acceptors (Lipinski definition) is 5. The topological polar surface area (TPSA) is 70.4 Å². The Bertz CT molecular complexity index is 1390. The van der Waals surface area contributed by atoms with Crippen LogP contribution in [-0.2, 0) is 22.8 Å². The van der Waals surface area contributed by atoms with Crippen LogP contribution in [0.2, 0.25) is 0 Å². The minimum Gasteiger partial charge on any atom is -0.493 e. The van der Waals surface area contributed by atoms with Gasteiger partial charge < -0.3 is 14.0 Å². The minimum absolute atomic E-state index is 0.172. The molecule has 33 heavy (non-hydrogen) atoms. The van der Waals surface area contributed by atoms with Crippen LogP contribution < -0.4 is 9.47 Å². The van der Waals surface area contributed by atoms with Gasteiger partial charge in [0.25, 0.3) is 0 Å². The van der Waals surface area contributed by atoms with Crippen LogP contribution in [0.4, 0.5) is 0 Å². The Kier molecular flexibility index (Phi) is 6.51. The molecule has 0 unspecified atom stereocenters. The quantitative estimate of drug-likeness (QED) is 0.330. The van der Waals surface area contributed by atoms with Crippen LogP contribution in [0.5, 0.6) is 11.5 Å². The van der Waals surface area contributed by atoms with Gasteiger partial charge in [-0.1, -0.05) is 42.5 Å². The summed E-state index contributed by atoms with van der Waals surface area (Å²) in [6.07, 6.45) is 3.77. The zero-order valence-corrected chi connectivity index (χ0v) is 19.5. The van der Waals surface area contributed by atoms with Gasteiger partial charge in [-0.05, 0) is 41.8 Å². The second kappa shape index (κ2) is 9.50. The molecule has 0 amide bonds. The van der Waals surface area contributed by atoms with Gasteiger partial charge in [0.1, 0.15) is 10.7 Å². The van der Waals surface area contributed by atoms with Crippen molar-refractivity contribution in [2.24, 2.45) is 0 Å². The molecule has 0 radical (unpaired) electrons. The van der Waals surface area contributed by atoms with E-state index in [1.54, 1.807) is 32.5 Å². The van der Waals surface area contributed by atoms with Crippen LogP contribution in [0.3, 0.4) is 0 Å². The maximum Gasteiger partial charge on any atom is 0.198 e. The van der Waals surface area contributed by atoms with E-state index in [1.165, 1.54) is 6.08 Å². The molecule has 0 aliphatic heterocycles. The van der Waals surface area contributed by atoms with Gasteiger partial charge in [0.15, 0.2) is 21.3 Å². The third-order valence-corrected chi connectivity index (χ3v) is 7.23. The van der Waals surface area contributed by atoms with E-state index >= 15 is 0 Å². The number of fused-ring (bicyclic) bond motifs is 1.